The average molecular weight is 449 g/mol. The molecule has 1 aromatic heterocycles. The molecule has 3 aromatic rings. The van der Waals surface area contributed by atoms with E-state index in [9.17, 15) is 23.1 Å². The molecule has 0 bridgehead atoms. The molecule has 1 fully saturated rings. The number of fused-ring (bicyclic) bond motifs is 1. The van der Waals surface area contributed by atoms with Crippen LogP contribution in [-0.2, 0) is 11.0 Å². The fourth-order valence-corrected chi connectivity index (χ4v) is 4.37. The fourth-order valence-electron chi connectivity index (χ4n) is 4.15. The Morgan fingerprint density at radius 2 is 1.94 bits per heavy atom. The van der Waals surface area contributed by atoms with Crippen LogP contribution in [0, 0.1) is 5.92 Å². The number of carbonyl (C=O) groups is 1. The molecule has 0 radical (unpaired) electrons. The maximum atomic E-state index is 13.4. The van der Waals surface area contributed by atoms with E-state index >= 15 is 0 Å². The van der Waals surface area contributed by atoms with Gasteiger partial charge in [0, 0.05) is 17.0 Å². The predicted molar refractivity (Wildman–Crippen MR) is 112 cm³/mol. The quantitative estimate of drug-likeness (QED) is 0.548. The van der Waals surface area contributed by atoms with Crippen LogP contribution in [0.1, 0.15) is 35.7 Å². The highest BCUT2D eigenvalue weighted by Crippen LogP contribution is 2.39. The molecular formula is C23H20ClF3N2O2. The summed E-state index contributed by atoms with van der Waals surface area (Å²) >= 11 is 6.39. The summed E-state index contributed by atoms with van der Waals surface area (Å²) in [7, 11) is 0. The first-order valence-corrected chi connectivity index (χ1v) is 10.3. The van der Waals surface area contributed by atoms with E-state index in [1.807, 2.05) is 35.2 Å². The van der Waals surface area contributed by atoms with Crippen molar-refractivity contribution in [3.05, 3.63) is 76.4 Å². The number of benzene rings is 2. The van der Waals surface area contributed by atoms with Crippen molar-refractivity contribution in [1.82, 2.24) is 9.88 Å². The second kappa shape index (κ2) is 8.48. The lowest BCUT2D eigenvalue weighted by atomic mass is 9.92. The maximum Gasteiger partial charge on any atom is 0.416 e. The number of hydrogen-bond donors (Lipinski definition) is 1. The molecule has 1 aliphatic heterocycles. The van der Waals surface area contributed by atoms with Crippen molar-refractivity contribution >= 4 is 28.5 Å². The Hall–Kier alpha value is -2.64. The van der Waals surface area contributed by atoms with Gasteiger partial charge in [0.05, 0.1) is 28.7 Å². The van der Waals surface area contributed by atoms with Crippen molar-refractivity contribution in [2.24, 2.45) is 5.92 Å². The number of piperidine rings is 1. The van der Waals surface area contributed by atoms with Gasteiger partial charge in [-0.15, -0.1) is 0 Å². The van der Waals surface area contributed by atoms with Crippen molar-refractivity contribution in [1.29, 1.82) is 0 Å². The summed E-state index contributed by atoms with van der Waals surface area (Å²) in [6, 6.07) is 13.6. The van der Waals surface area contributed by atoms with Crippen molar-refractivity contribution in [3.8, 4) is 0 Å². The van der Waals surface area contributed by atoms with E-state index in [2.05, 4.69) is 0 Å². The highest BCUT2D eigenvalue weighted by molar-refractivity contribution is 6.31. The third-order valence-electron chi connectivity index (χ3n) is 5.69. The number of pyridine rings is 1. The minimum absolute atomic E-state index is 0.186. The largest absolute Gasteiger partial charge is 0.481 e. The lowest BCUT2D eigenvalue weighted by molar-refractivity contribution is -0.143. The number of aromatic nitrogens is 1. The molecule has 1 aliphatic rings. The zero-order valence-corrected chi connectivity index (χ0v) is 17.2. The van der Waals surface area contributed by atoms with Gasteiger partial charge in [0.15, 0.2) is 0 Å². The van der Waals surface area contributed by atoms with Crippen molar-refractivity contribution < 1.29 is 23.1 Å². The highest BCUT2D eigenvalue weighted by Gasteiger charge is 2.36. The second-order valence-electron chi connectivity index (χ2n) is 7.74. The van der Waals surface area contributed by atoms with Crippen LogP contribution in [0.3, 0.4) is 0 Å². The van der Waals surface area contributed by atoms with Gasteiger partial charge < -0.3 is 5.11 Å². The summed E-state index contributed by atoms with van der Waals surface area (Å²) in [5.74, 6) is -1.51. The van der Waals surface area contributed by atoms with E-state index < -0.39 is 29.7 Å². The van der Waals surface area contributed by atoms with E-state index in [0.717, 1.165) is 17.5 Å². The van der Waals surface area contributed by atoms with Crippen LogP contribution < -0.4 is 0 Å². The Morgan fingerprint density at radius 3 is 2.68 bits per heavy atom. The summed E-state index contributed by atoms with van der Waals surface area (Å²) in [5, 5.41) is 10.6. The minimum Gasteiger partial charge on any atom is -0.481 e. The molecule has 8 heteroatoms. The topological polar surface area (TPSA) is 53.4 Å². The summed E-state index contributed by atoms with van der Waals surface area (Å²) in [5.41, 5.74) is 0.709. The lowest BCUT2D eigenvalue weighted by Crippen LogP contribution is -2.41. The summed E-state index contributed by atoms with van der Waals surface area (Å²) < 4.78 is 40.3. The van der Waals surface area contributed by atoms with Gasteiger partial charge in [0.25, 0.3) is 0 Å². The molecule has 162 valence electrons. The van der Waals surface area contributed by atoms with Crippen LogP contribution in [0.15, 0.2) is 54.6 Å². The first kappa shape index (κ1) is 21.6. The van der Waals surface area contributed by atoms with Gasteiger partial charge >= 0.3 is 12.1 Å². The molecule has 2 heterocycles. The summed E-state index contributed by atoms with van der Waals surface area (Å²) in [4.78, 5) is 18.2. The average Bonchev–Trinajstić information content (AvgIpc) is 2.74. The Bertz CT molecular complexity index is 1120. The molecule has 4 nitrogen and oxygen atoms in total. The maximum absolute atomic E-state index is 13.4. The normalized spacial score (nSPS) is 18.8. The standard InChI is InChI=1S/C23H20ClF3N2O2/c24-18-9-8-16(23(25,26)27)12-17(18)21(29-11-3-5-15(13-29)22(30)31)20-10-7-14-4-1-2-6-19(14)28-20/h1-2,4,6-10,12,15,21H,3,5,11,13H2,(H,30,31). The van der Waals surface area contributed by atoms with Gasteiger partial charge in [-0.3, -0.25) is 14.7 Å². The van der Waals surface area contributed by atoms with E-state index in [0.29, 0.717) is 30.6 Å². The molecule has 0 saturated carbocycles. The first-order chi connectivity index (χ1) is 14.7. The van der Waals surface area contributed by atoms with E-state index in [1.165, 1.54) is 6.07 Å². The number of hydrogen-bond acceptors (Lipinski definition) is 3. The molecule has 2 aromatic carbocycles. The number of aliphatic carboxylic acids is 1. The smallest absolute Gasteiger partial charge is 0.416 e. The van der Waals surface area contributed by atoms with Crippen LogP contribution in [0.2, 0.25) is 5.02 Å². The molecule has 1 saturated heterocycles. The molecule has 31 heavy (non-hydrogen) atoms. The summed E-state index contributed by atoms with van der Waals surface area (Å²) in [6.07, 6.45) is -3.37. The van der Waals surface area contributed by atoms with Crippen molar-refractivity contribution in [2.75, 3.05) is 13.1 Å². The molecule has 2 unspecified atom stereocenters. The van der Waals surface area contributed by atoms with E-state index in [-0.39, 0.29) is 17.1 Å². The lowest BCUT2D eigenvalue weighted by Gasteiger charge is -2.37. The van der Waals surface area contributed by atoms with Crippen molar-refractivity contribution in [2.45, 2.75) is 25.1 Å². The number of nitrogens with zero attached hydrogens (tertiary/aromatic N) is 2. The van der Waals surface area contributed by atoms with E-state index in [1.54, 1.807) is 6.07 Å². The first-order valence-electron chi connectivity index (χ1n) is 9.93. The van der Waals surface area contributed by atoms with Gasteiger partial charge in [-0.1, -0.05) is 35.9 Å². The number of alkyl halides is 3. The number of para-hydroxylation sites is 1. The number of rotatable bonds is 4. The third kappa shape index (κ3) is 4.52. The second-order valence-corrected chi connectivity index (χ2v) is 8.14. The van der Waals surface area contributed by atoms with Gasteiger partial charge in [-0.2, -0.15) is 13.2 Å². The Kier molecular flexibility index (Phi) is 5.90. The Labute approximate surface area is 182 Å². The molecule has 4 rings (SSSR count). The molecule has 2 atom stereocenters. The molecule has 0 aliphatic carbocycles. The minimum atomic E-state index is -4.52. The van der Waals surface area contributed by atoms with Crippen LogP contribution in [0.5, 0.6) is 0 Å². The van der Waals surface area contributed by atoms with Crippen LogP contribution >= 0.6 is 11.6 Å². The zero-order chi connectivity index (χ0) is 22.2. The Morgan fingerprint density at radius 1 is 1.16 bits per heavy atom. The van der Waals surface area contributed by atoms with Crippen LogP contribution in [0.4, 0.5) is 13.2 Å². The number of carboxylic acids is 1. The SMILES string of the molecule is O=C(O)C1CCCN(C(c2ccc3ccccc3n2)c2cc(C(F)(F)F)ccc2Cl)C1. The van der Waals surface area contributed by atoms with Crippen LogP contribution in [0.25, 0.3) is 10.9 Å². The molecule has 0 amide bonds. The number of halogens is 4. The van der Waals surface area contributed by atoms with Gasteiger partial charge in [0.1, 0.15) is 0 Å². The van der Waals surface area contributed by atoms with Gasteiger partial charge in [-0.05, 0) is 55.3 Å². The monoisotopic (exact) mass is 448 g/mol. The summed E-state index contributed by atoms with van der Waals surface area (Å²) in [6.45, 7) is 0.747. The van der Waals surface area contributed by atoms with Crippen LogP contribution in [-0.4, -0.2) is 34.0 Å². The molecule has 0 spiro atoms. The fraction of sp³-hybridized carbons (Fsp3) is 0.304. The van der Waals surface area contributed by atoms with E-state index in [4.69, 9.17) is 16.6 Å². The highest BCUT2D eigenvalue weighted by atomic mass is 35.5. The number of carboxylic acid groups (broad SMARTS) is 1. The third-order valence-corrected chi connectivity index (χ3v) is 6.03. The number of likely N-dealkylation sites (tertiary alicyclic amines) is 1. The zero-order valence-electron chi connectivity index (χ0n) is 16.4. The molecular weight excluding hydrogens is 429 g/mol. The van der Waals surface area contributed by atoms with Gasteiger partial charge in [-0.25, -0.2) is 0 Å². The van der Waals surface area contributed by atoms with Gasteiger partial charge in [0.2, 0.25) is 0 Å². The predicted octanol–water partition coefficient (Wildman–Crippen LogP) is 5.79. The Balaban J connectivity index is 1.86. The van der Waals surface area contributed by atoms with Crippen molar-refractivity contribution in [3.63, 3.8) is 0 Å². The molecule has 1 N–H and O–H groups in total.